The van der Waals surface area contributed by atoms with Gasteiger partial charge in [0.05, 0.1) is 5.30 Å². The number of benzene rings is 2. The smallest absolute Gasteiger partial charge is 0.408 e. The van der Waals surface area contributed by atoms with Gasteiger partial charge in [0.1, 0.15) is 17.4 Å². The first-order chi connectivity index (χ1) is 8.47. The maximum absolute atomic E-state index is 13.0. The highest BCUT2D eigenvalue weighted by molar-refractivity contribution is 7.61. The Morgan fingerprint density at radius 3 is 2.22 bits per heavy atom. The van der Waals surface area contributed by atoms with E-state index in [-0.39, 0.29) is 11.1 Å². The Morgan fingerprint density at radius 1 is 1.00 bits per heavy atom. The Morgan fingerprint density at radius 2 is 1.61 bits per heavy atom. The first-order valence-electron chi connectivity index (χ1n) is 5.01. The molecule has 0 aliphatic rings. The largest absolute Gasteiger partial charge is 0.421 e. The summed E-state index contributed by atoms with van der Waals surface area (Å²) in [6, 6.07) is 9.44. The summed E-state index contributed by atoms with van der Waals surface area (Å²) in [6.45, 7) is 0. The normalized spacial score (nSPS) is 13.9. The van der Waals surface area contributed by atoms with E-state index in [2.05, 4.69) is 0 Å². The number of hydrogen-bond donors (Lipinski definition) is 1. The van der Waals surface area contributed by atoms with Gasteiger partial charge in [0, 0.05) is 6.07 Å². The van der Waals surface area contributed by atoms with E-state index in [1.165, 1.54) is 30.3 Å². The van der Waals surface area contributed by atoms with Crippen LogP contribution in [-0.4, -0.2) is 4.89 Å². The topological polar surface area (TPSA) is 46.5 Å². The van der Waals surface area contributed by atoms with Crippen LogP contribution in [0.2, 0.25) is 0 Å². The summed E-state index contributed by atoms with van der Waals surface area (Å²) in [7, 11) is -4.22. The zero-order valence-corrected chi connectivity index (χ0v) is 9.98. The molecule has 1 N–H and O–H groups in total. The molecule has 3 nitrogen and oxygen atoms in total. The van der Waals surface area contributed by atoms with Crippen molar-refractivity contribution in [3.05, 3.63) is 60.2 Å². The van der Waals surface area contributed by atoms with Crippen LogP contribution in [0.1, 0.15) is 0 Å². The fraction of sp³-hybridized carbons (Fsp3) is 0. The van der Waals surface area contributed by atoms with Crippen molar-refractivity contribution in [2.45, 2.75) is 0 Å². The highest BCUT2D eigenvalue weighted by Gasteiger charge is 2.24. The van der Waals surface area contributed by atoms with Crippen molar-refractivity contribution in [3.8, 4) is 5.75 Å². The van der Waals surface area contributed by atoms with E-state index in [9.17, 15) is 18.2 Å². The molecule has 0 saturated carbocycles. The maximum Gasteiger partial charge on any atom is 0.408 e. The van der Waals surface area contributed by atoms with Gasteiger partial charge >= 0.3 is 7.60 Å². The van der Waals surface area contributed by atoms with Gasteiger partial charge in [-0.2, -0.15) is 0 Å². The van der Waals surface area contributed by atoms with Crippen molar-refractivity contribution < 1.29 is 22.8 Å². The Kier molecular flexibility index (Phi) is 3.45. The zero-order valence-electron chi connectivity index (χ0n) is 9.09. The predicted octanol–water partition coefficient (Wildman–Crippen LogP) is 2.85. The third kappa shape index (κ3) is 2.94. The average molecular weight is 270 g/mol. The van der Waals surface area contributed by atoms with Crippen LogP contribution < -0.4 is 9.83 Å². The molecule has 0 aliphatic carbocycles. The minimum absolute atomic E-state index is 0.0925. The molecule has 0 amide bonds. The molecule has 94 valence electrons. The summed E-state index contributed by atoms with van der Waals surface area (Å²) in [5, 5.41) is -0.188. The molecule has 0 heterocycles. The van der Waals surface area contributed by atoms with Crippen molar-refractivity contribution in [1.82, 2.24) is 0 Å². The van der Waals surface area contributed by atoms with Crippen LogP contribution in [0, 0.1) is 11.6 Å². The molecule has 0 aliphatic heterocycles. The number of hydrogen-bond acceptors (Lipinski definition) is 2. The van der Waals surface area contributed by atoms with Gasteiger partial charge in [-0.25, -0.2) is 13.3 Å². The van der Waals surface area contributed by atoms with Gasteiger partial charge in [-0.05, 0) is 30.3 Å². The SMILES string of the molecule is O=P(O)(Oc1cccc(F)c1)c1cccc(F)c1. The van der Waals surface area contributed by atoms with Gasteiger partial charge in [-0.15, -0.1) is 0 Å². The van der Waals surface area contributed by atoms with Crippen molar-refractivity contribution >= 4 is 12.9 Å². The van der Waals surface area contributed by atoms with E-state index in [1.54, 1.807) is 0 Å². The van der Waals surface area contributed by atoms with Crippen LogP contribution in [-0.2, 0) is 4.57 Å². The summed E-state index contributed by atoms with van der Waals surface area (Å²) in [6.07, 6.45) is 0. The molecule has 0 saturated heterocycles. The summed E-state index contributed by atoms with van der Waals surface area (Å²) in [5.74, 6) is -1.33. The van der Waals surface area contributed by atoms with Gasteiger partial charge in [0.2, 0.25) is 0 Å². The quantitative estimate of drug-likeness (QED) is 0.872. The van der Waals surface area contributed by atoms with Crippen LogP contribution in [0.3, 0.4) is 0 Å². The molecule has 1 unspecified atom stereocenters. The second kappa shape index (κ2) is 4.88. The lowest BCUT2D eigenvalue weighted by Crippen LogP contribution is -2.09. The monoisotopic (exact) mass is 270 g/mol. The van der Waals surface area contributed by atoms with Crippen LogP contribution in [0.4, 0.5) is 8.78 Å². The first-order valence-corrected chi connectivity index (χ1v) is 6.59. The molecule has 0 aromatic heterocycles. The van der Waals surface area contributed by atoms with Crippen LogP contribution in [0.15, 0.2) is 48.5 Å². The van der Waals surface area contributed by atoms with Gasteiger partial charge in [-0.1, -0.05) is 12.1 Å². The minimum atomic E-state index is -4.22. The van der Waals surface area contributed by atoms with E-state index in [0.717, 1.165) is 18.2 Å². The van der Waals surface area contributed by atoms with Crippen LogP contribution in [0.25, 0.3) is 0 Å². The maximum atomic E-state index is 13.0. The molecule has 0 bridgehead atoms. The van der Waals surface area contributed by atoms with Crippen LogP contribution >= 0.6 is 7.60 Å². The van der Waals surface area contributed by atoms with Crippen molar-refractivity contribution in [1.29, 1.82) is 0 Å². The lowest BCUT2D eigenvalue weighted by Gasteiger charge is -2.13. The summed E-state index contributed by atoms with van der Waals surface area (Å²) >= 11 is 0. The van der Waals surface area contributed by atoms with E-state index < -0.39 is 19.2 Å². The zero-order chi connectivity index (χ0) is 13.2. The Balaban J connectivity index is 2.30. The summed E-state index contributed by atoms with van der Waals surface area (Å²) < 4.78 is 42.6. The fourth-order valence-corrected chi connectivity index (χ4v) is 2.44. The van der Waals surface area contributed by atoms with Gasteiger partial charge in [0.15, 0.2) is 0 Å². The second-order valence-electron chi connectivity index (χ2n) is 3.55. The van der Waals surface area contributed by atoms with Gasteiger partial charge in [0.25, 0.3) is 0 Å². The molecule has 2 rings (SSSR count). The molecular weight excluding hydrogens is 261 g/mol. The second-order valence-corrected chi connectivity index (χ2v) is 5.29. The molecule has 1 atom stereocenters. The third-order valence-electron chi connectivity index (χ3n) is 2.16. The van der Waals surface area contributed by atoms with Gasteiger partial charge < -0.3 is 9.42 Å². The predicted molar refractivity (Wildman–Crippen MR) is 62.9 cm³/mol. The molecule has 18 heavy (non-hydrogen) atoms. The standard InChI is InChI=1S/C12H9F2O3P/c13-9-3-1-5-11(7-9)17-18(15,16)12-6-2-4-10(14)8-12/h1-8H,(H,15,16). The summed E-state index contributed by atoms with van der Waals surface area (Å²) in [4.78, 5) is 9.70. The molecule has 2 aromatic rings. The molecule has 6 heteroatoms. The van der Waals surface area contributed by atoms with Crippen molar-refractivity contribution in [2.24, 2.45) is 0 Å². The lowest BCUT2D eigenvalue weighted by molar-refractivity contribution is 0.392. The molecule has 2 aromatic carbocycles. The van der Waals surface area contributed by atoms with Gasteiger partial charge in [-0.3, -0.25) is 0 Å². The van der Waals surface area contributed by atoms with E-state index in [4.69, 9.17) is 4.52 Å². The molecule has 0 fully saturated rings. The third-order valence-corrected chi connectivity index (χ3v) is 3.55. The fourth-order valence-electron chi connectivity index (χ4n) is 1.37. The first kappa shape index (κ1) is 12.7. The number of rotatable bonds is 3. The average Bonchev–Trinajstić information content (AvgIpc) is 2.28. The minimum Gasteiger partial charge on any atom is -0.421 e. The van der Waals surface area contributed by atoms with Crippen LogP contribution in [0.5, 0.6) is 5.75 Å². The Labute approximate surface area is 102 Å². The summed E-state index contributed by atoms with van der Waals surface area (Å²) in [5.41, 5.74) is 0. The highest BCUT2D eigenvalue weighted by Crippen LogP contribution is 2.41. The molecule has 0 spiro atoms. The molecular formula is C12H9F2O3P. The highest BCUT2D eigenvalue weighted by atomic mass is 31.2. The Bertz CT molecular complexity index is 616. The lowest BCUT2D eigenvalue weighted by atomic mass is 10.3. The van der Waals surface area contributed by atoms with E-state index in [0.29, 0.717) is 0 Å². The van der Waals surface area contributed by atoms with Crippen molar-refractivity contribution in [2.75, 3.05) is 0 Å². The number of halogens is 2. The Hall–Kier alpha value is -1.71. The van der Waals surface area contributed by atoms with Crippen molar-refractivity contribution in [3.63, 3.8) is 0 Å². The van der Waals surface area contributed by atoms with E-state index >= 15 is 0 Å². The van der Waals surface area contributed by atoms with E-state index in [1.807, 2.05) is 0 Å². The molecule has 0 radical (unpaired) electrons.